The molecule has 13 heavy (non-hydrogen) atoms. The van der Waals surface area contributed by atoms with Crippen LogP contribution in [0.2, 0.25) is 0 Å². The van der Waals surface area contributed by atoms with Crippen LogP contribution in [0.3, 0.4) is 0 Å². The van der Waals surface area contributed by atoms with Crippen LogP contribution in [-0.4, -0.2) is 5.11 Å². The van der Waals surface area contributed by atoms with E-state index in [0.717, 1.165) is 0 Å². The van der Waals surface area contributed by atoms with Crippen LogP contribution in [0.15, 0.2) is 30.3 Å². The number of phenolic OH excluding ortho intramolecular Hbond substituents is 1. The van der Waals surface area contributed by atoms with Crippen LogP contribution in [0.25, 0.3) is 10.8 Å². The second-order valence-electron chi connectivity index (χ2n) is 2.84. The molecule has 0 unspecified atom stereocenters. The smallest absolute Gasteiger partial charge is 0.133 e. The Morgan fingerprint density at radius 2 is 1.92 bits per heavy atom. The van der Waals surface area contributed by atoms with Crippen molar-refractivity contribution in [2.24, 2.45) is 0 Å². The van der Waals surface area contributed by atoms with Gasteiger partial charge in [0.1, 0.15) is 11.6 Å². The van der Waals surface area contributed by atoms with Crippen molar-refractivity contribution in [2.75, 3.05) is 5.73 Å². The average molecular weight is 177 g/mol. The lowest BCUT2D eigenvalue weighted by Crippen LogP contribution is -1.89. The van der Waals surface area contributed by atoms with Crippen LogP contribution < -0.4 is 5.73 Å². The van der Waals surface area contributed by atoms with E-state index >= 15 is 0 Å². The van der Waals surface area contributed by atoms with Crippen molar-refractivity contribution in [3.63, 3.8) is 0 Å². The second-order valence-corrected chi connectivity index (χ2v) is 2.84. The minimum Gasteiger partial charge on any atom is -0.507 e. The molecular formula is C10H8FNO. The normalized spacial score (nSPS) is 10.5. The lowest BCUT2D eigenvalue weighted by molar-refractivity contribution is 0.480. The number of rotatable bonds is 0. The van der Waals surface area contributed by atoms with Crippen LogP contribution in [0.5, 0.6) is 5.75 Å². The van der Waals surface area contributed by atoms with Gasteiger partial charge >= 0.3 is 0 Å². The molecule has 0 aliphatic rings. The van der Waals surface area contributed by atoms with Gasteiger partial charge in [0.15, 0.2) is 0 Å². The predicted molar refractivity (Wildman–Crippen MR) is 50.0 cm³/mol. The highest BCUT2D eigenvalue weighted by molar-refractivity contribution is 5.96. The number of halogens is 1. The van der Waals surface area contributed by atoms with Crippen molar-refractivity contribution in [3.8, 4) is 5.75 Å². The van der Waals surface area contributed by atoms with Crippen molar-refractivity contribution in [1.82, 2.24) is 0 Å². The van der Waals surface area contributed by atoms with Crippen LogP contribution in [-0.2, 0) is 0 Å². The number of hydrogen-bond donors (Lipinski definition) is 2. The summed E-state index contributed by atoms with van der Waals surface area (Å²) in [5, 5.41) is 10.1. The largest absolute Gasteiger partial charge is 0.507 e. The van der Waals surface area contributed by atoms with Gasteiger partial charge in [-0.05, 0) is 18.2 Å². The van der Waals surface area contributed by atoms with Crippen molar-refractivity contribution in [2.45, 2.75) is 0 Å². The third-order valence-electron chi connectivity index (χ3n) is 2.00. The SMILES string of the molecule is Nc1cccc2c(O)ccc(F)c12. The quantitative estimate of drug-likeness (QED) is 0.606. The zero-order valence-electron chi connectivity index (χ0n) is 6.79. The number of nitrogens with two attached hydrogens (primary N) is 1. The molecule has 2 aromatic carbocycles. The molecule has 0 saturated carbocycles. The van der Waals surface area contributed by atoms with Crippen molar-refractivity contribution < 1.29 is 9.50 Å². The van der Waals surface area contributed by atoms with E-state index in [2.05, 4.69) is 0 Å². The summed E-state index contributed by atoms with van der Waals surface area (Å²) >= 11 is 0. The molecule has 2 rings (SSSR count). The Labute approximate surface area is 74.4 Å². The van der Waals surface area contributed by atoms with Gasteiger partial charge in [0.05, 0.1) is 0 Å². The zero-order valence-corrected chi connectivity index (χ0v) is 6.79. The summed E-state index contributed by atoms with van der Waals surface area (Å²) in [7, 11) is 0. The van der Waals surface area contributed by atoms with E-state index in [1.807, 2.05) is 0 Å². The molecule has 0 bridgehead atoms. The Kier molecular flexibility index (Phi) is 1.59. The first-order valence-corrected chi connectivity index (χ1v) is 3.86. The monoisotopic (exact) mass is 177 g/mol. The van der Waals surface area contributed by atoms with Gasteiger partial charge in [0.2, 0.25) is 0 Å². The minimum absolute atomic E-state index is 0.0451. The third-order valence-corrected chi connectivity index (χ3v) is 2.00. The first-order chi connectivity index (χ1) is 6.20. The van der Waals surface area contributed by atoms with E-state index in [9.17, 15) is 9.50 Å². The Morgan fingerprint density at radius 3 is 2.62 bits per heavy atom. The van der Waals surface area contributed by atoms with Gasteiger partial charge in [0.25, 0.3) is 0 Å². The molecule has 2 nitrogen and oxygen atoms in total. The first kappa shape index (κ1) is 7.86. The standard InChI is InChI=1S/C10H8FNO/c11-7-4-5-9(13)6-2-1-3-8(12)10(6)7/h1-5,13H,12H2. The Hall–Kier alpha value is -1.77. The molecule has 0 radical (unpaired) electrons. The van der Waals surface area contributed by atoms with Gasteiger partial charge in [-0.15, -0.1) is 0 Å². The molecule has 0 aliphatic carbocycles. The highest BCUT2D eigenvalue weighted by Gasteiger charge is 2.06. The number of anilines is 1. The number of phenols is 1. The Balaban J connectivity index is 3.00. The van der Waals surface area contributed by atoms with Gasteiger partial charge in [-0.3, -0.25) is 0 Å². The van der Waals surface area contributed by atoms with Gasteiger partial charge in [-0.2, -0.15) is 0 Å². The molecule has 0 aliphatic heterocycles. The van der Waals surface area contributed by atoms with Gasteiger partial charge in [-0.25, -0.2) is 4.39 Å². The van der Waals surface area contributed by atoms with Crippen LogP contribution in [0.4, 0.5) is 10.1 Å². The maximum Gasteiger partial charge on any atom is 0.133 e. The topological polar surface area (TPSA) is 46.2 Å². The number of benzene rings is 2. The fourth-order valence-corrected chi connectivity index (χ4v) is 1.38. The molecule has 0 atom stereocenters. The molecule has 0 amide bonds. The minimum atomic E-state index is -0.411. The van der Waals surface area contributed by atoms with Gasteiger partial charge < -0.3 is 10.8 Å². The summed E-state index contributed by atoms with van der Waals surface area (Å²) < 4.78 is 13.2. The van der Waals surface area contributed by atoms with E-state index in [0.29, 0.717) is 11.1 Å². The Morgan fingerprint density at radius 1 is 1.15 bits per heavy atom. The van der Waals surface area contributed by atoms with Crippen molar-refractivity contribution in [3.05, 3.63) is 36.1 Å². The fraction of sp³-hybridized carbons (Fsp3) is 0. The van der Waals surface area contributed by atoms with Crippen LogP contribution in [0, 0.1) is 5.82 Å². The second kappa shape index (κ2) is 2.62. The van der Waals surface area contributed by atoms with E-state index in [1.54, 1.807) is 18.2 Å². The molecule has 3 heteroatoms. The average Bonchev–Trinajstić information content (AvgIpc) is 2.12. The zero-order chi connectivity index (χ0) is 9.42. The van der Waals surface area contributed by atoms with E-state index in [1.165, 1.54) is 12.1 Å². The molecule has 3 N–H and O–H groups in total. The summed E-state index contributed by atoms with van der Waals surface area (Å²) in [6.07, 6.45) is 0. The van der Waals surface area contributed by atoms with Crippen molar-refractivity contribution in [1.29, 1.82) is 0 Å². The predicted octanol–water partition coefficient (Wildman–Crippen LogP) is 2.27. The van der Waals surface area contributed by atoms with E-state index in [4.69, 9.17) is 5.73 Å². The number of aromatic hydroxyl groups is 1. The summed E-state index contributed by atoms with van der Waals surface area (Å²) in [6.45, 7) is 0. The third kappa shape index (κ3) is 1.09. The molecule has 66 valence electrons. The van der Waals surface area contributed by atoms with E-state index in [-0.39, 0.29) is 11.1 Å². The molecule has 0 fully saturated rings. The highest BCUT2D eigenvalue weighted by atomic mass is 19.1. The summed E-state index contributed by atoms with van der Waals surface area (Å²) in [5.41, 5.74) is 5.91. The summed E-state index contributed by atoms with van der Waals surface area (Å²) in [4.78, 5) is 0. The van der Waals surface area contributed by atoms with Gasteiger partial charge in [-0.1, -0.05) is 12.1 Å². The number of fused-ring (bicyclic) bond motifs is 1. The molecular weight excluding hydrogens is 169 g/mol. The maximum absolute atomic E-state index is 13.2. The van der Waals surface area contributed by atoms with Crippen LogP contribution in [0.1, 0.15) is 0 Å². The molecule has 0 saturated heterocycles. The fourth-order valence-electron chi connectivity index (χ4n) is 1.38. The number of hydrogen-bond acceptors (Lipinski definition) is 2. The molecule has 2 aromatic rings. The summed E-state index contributed by atoms with van der Waals surface area (Å²) in [6, 6.07) is 7.43. The lowest BCUT2D eigenvalue weighted by Gasteiger charge is -2.04. The molecule has 0 aromatic heterocycles. The summed E-state index contributed by atoms with van der Waals surface area (Å²) in [5.74, 6) is -0.366. The van der Waals surface area contributed by atoms with Crippen LogP contribution >= 0.6 is 0 Å². The van der Waals surface area contributed by atoms with Gasteiger partial charge in [0, 0.05) is 16.5 Å². The highest BCUT2D eigenvalue weighted by Crippen LogP contribution is 2.30. The lowest BCUT2D eigenvalue weighted by atomic mass is 10.1. The number of nitrogen functional groups attached to an aromatic ring is 1. The molecule has 0 heterocycles. The van der Waals surface area contributed by atoms with E-state index < -0.39 is 5.82 Å². The molecule has 0 spiro atoms. The Bertz CT molecular complexity index is 459. The van der Waals surface area contributed by atoms with Crippen molar-refractivity contribution >= 4 is 16.5 Å². The maximum atomic E-state index is 13.2. The first-order valence-electron chi connectivity index (χ1n) is 3.86.